The normalized spacial score (nSPS) is 19.1. The van der Waals surface area contributed by atoms with Crippen molar-refractivity contribution in [3.05, 3.63) is 35.4 Å². The minimum atomic E-state index is -3.40. The minimum Gasteiger partial charge on any atom is -0.377 e. The van der Waals surface area contributed by atoms with Gasteiger partial charge in [-0.3, -0.25) is 4.79 Å². The lowest BCUT2D eigenvalue weighted by Crippen LogP contribution is -2.32. The number of rotatable bonds is 6. The Balaban J connectivity index is 1.91. The molecule has 1 aromatic carbocycles. The quantitative estimate of drug-likeness (QED) is 0.793. The molecule has 2 rings (SSSR count). The zero-order valence-electron chi connectivity index (χ0n) is 11.0. The van der Waals surface area contributed by atoms with Gasteiger partial charge in [0.15, 0.2) is 0 Å². The Hall–Kier alpha value is -1.44. The summed E-state index contributed by atoms with van der Waals surface area (Å²) in [6, 6.07) is 6.22. The van der Waals surface area contributed by atoms with Crippen molar-refractivity contribution in [1.82, 2.24) is 4.72 Å². The molecule has 0 spiro atoms. The molecular formula is C13H18N2O4S. The molecule has 1 unspecified atom stereocenters. The first kappa shape index (κ1) is 15.0. The molecule has 7 heteroatoms. The van der Waals surface area contributed by atoms with Crippen molar-refractivity contribution in [1.29, 1.82) is 0 Å². The highest BCUT2D eigenvalue weighted by molar-refractivity contribution is 7.88. The van der Waals surface area contributed by atoms with E-state index >= 15 is 0 Å². The minimum absolute atomic E-state index is 0.0259. The zero-order chi connectivity index (χ0) is 14.6. The van der Waals surface area contributed by atoms with E-state index in [1.807, 2.05) is 0 Å². The molecule has 1 aliphatic rings. The predicted octanol–water partition coefficient (Wildman–Crippen LogP) is 0.384. The number of sulfonamides is 1. The number of primary amides is 1. The molecular weight excluding hydrogens is 280 g/mol. The van der Waals surface area contributed by atoms with Gasteiger partial charge in [0.25, 0.3) is 0 Å². The number of hydrogen-bond donors (Lipinski definition) is 2. The topological polar surface area (TPSA) is 98.5 Å². The third-order valence-electron chi connectivity index (χ3n) is 3.15. The van der Waals surface area contributed by atoms with Gasteiger partial charge in [-0.15, -0.1) is 0 Å². The number of hydrogen-bond acceptors (Lipinski definition) is 4. The number of amides is 1. The molecule has 0 radical (unpaired) electrons. The fraction of sp³-hybridized carbons (Fsp3) is 0.462. The van der Waals surface area contributed by atoms with Gasteiger partial charge in [-0.1, -0.05) is 12.1 Å². The molecule has 1 heterocycles. The second kappa shape index (κ2) is 6.34. The van der Waals surface area contributed by atoms with Gasteiger partial charge in [-0.2, -0.15) is 0 Å². The maximum atomic E-state index is 11.9. The Labute approximate surface area is 118 Å². The molecule has 1 saturated heterocycles. The van der Waals surface area contributed by atoms with Crippen LogP contribution >= 0.6 is 0 Å². The van der Waals surface area contributed by atoms with Crippen molar-refractivity contribution in [2.24, 2.45) is 5.73 Å². The fourth-order valence-corrected chi connectivity index (χ4v) is 3.23. The molecule has 6 nitrogen and oxygen atoms in total. The number of nitrogens with two attached hydrogens (primary N) is 1. The molecule has 1 atom stereocenters. The highest BCUT2D eigenvalue weighted by Crippen LogP contribution is 2.12. The molecule has 0 aromatic heterocycles. The van der Waals surface area contributed by atoms with E-state index < -0.39 is 15.9 Å². The third-order valence-corrected chi connectivity index (χ3v) is 4.47. The Bertz CT molecular complexity index is 563. The lowest BCUT2D eigenvalue weighted by Gasteiger charge is -2.11. The van der Waals surface area contributed by atoms with Crippen molar-refractivity contribution >= 4 is 15.9 Å². The Morgan fingerprint density at radius 1 is 1.35 bits per heavy atom. The lowest BCUT2D eigenvalue weighted by molar-refractivity contribution is 0.1000. The van der Waals surface area contributed by atoms with Gasteiger partial charge in [0.2, 0.25) is 15.9 Å². The van der Waals surface area contributed by atoms with Crippen molar-refractivity contribution in [2.45, 2.75) is 24.7 Å². The summed E-state index contributed by atoms with van der Waals surface area (Å²) in [7, 11) is -3.40. The second-order valence-electron chi connectivity index (χ2n) is 4.80. The van der Waals surface area contributed by atoms with Gasteiger partial charge in [-0.05, 0) is 30.5 Å². The predicted molar refractivity (Wildman–Crippen MR) is 74.6 cm³/mol. The number of benzene rings is 1. The average molecular weight is 298 g/mol. The first-order valence-corrected chi connectivity index (χ1v) is 8.09. The van der Waals surface area contributed by atoms with Crippen LogP contribution in [-0.2, 0) is 20.5 Å². The molecule has 1 aromatic rings. The lowest BCUT2D eigenvalue weighted by atomic mass is 10.1. The van der Waals surface area contributed by atoms with Crippen molar-refractivity contribution in [2.75, 3.05) is 13.2 Å². The van der Waals surface area contributed by atoms with E-state index in [4.69, 9.17) is 10.5 Å². The van der Waals surface area contributed by atoms with Gasteiger partial charge in [0.1, 0.15) is 0 Å². The monoisotopic (exact) mass is 298 g/mol. The van der Waals surface area contributed by atoms with E-state index in [0.29, 0.717) is 24.3 Å². The van der Waals surface area contributed by atoms with Crippen LogP contribution in [0.25, 0.3) is 0 Å². The van der Waals surface area contributed by atoms with Crippen LogP contribution in [-0.4, -0.2) is 33.6 Å². The average Bonchev–Trinajstić information content (AvgIpc) is 2.90. The SMILES string of the molecule is NC(=O)c1ccc(CS(=O)(=O)NCC2CCCO2)cc1. The van der Waals surface area contributed by atoms with Gasteiger partial charge in [0, 0.05) is 18.7 Å². The van der Waals surface area contributed by atoms with Crippen LogP contribution in [0.5, 0.6) is 0 Å². The van der Waals surface area contributed by atoms with Crippen LogP contribution in [0.15, 0.2) is 24.3 Å². The Morgan fingerprint density at radius 2 is 2.05 bits per heavy atom. The number of carbonyl (C=O) groups excluding carboxylic acids is 1. The first-order chi connectivity index (χ1) is 9.46. The summed E-state index contributed by atoms with van der Waals surface area (Å²) in [6.07, 6.45) is 1.83. The summed E-state index contributed by atoms with van der Waals surface area (Å²) in [5, 5.41) is 0. The van der Waals surface area contributed by atoms with Gasteiger partial charge in [-0.25, -0.2) is 13.1 Å². The molecule has 1 amide bonds. The summed E-state index contributed by atoms with van der Waals surface area (Å²) < 4.78 is 31.7. The summed E-state index contributed by atoms with van der Waals surface area (Å²) in [5.74, 6) is -0.658. The van der Waals surface area contributed by atoms with E-state index in [9.17, 15) is 13.2 Å². The zero-order valence-corrected chi connectivity index (χ0v) is 11.9. The third kappa shape index (κ3) is 4.29. The van der Waals surface area contributed by atoms with Crippen LogP contribution in [0.4, 0.5) is 0 Å². The van der Waals surface area contributed by atoms with Crippen molar-refractivity contribution < 1.29 is 17.9 Å². The van der Waals surface area contributed by atoms with E-state index in [1.165, 1.54) is 12.1 Å². The number of nitrogens with one attached hydrogen (secondary N) is 1. The van der Waals surface area contributed by atoms with Crippen LogP contribution in [0.3, 0.4) is 0 Å². The molecule has 0 saturated carbocycles. The Kier molecular flexibility index (Phi) is 4.74. The highest BCUT2D eigenvalue weighted by Gasteiger charge is 2.19. The highest BCUT2D eigenvalue weighted by atomic mass is 32.2. The van der Waals surface area contributed by atoms with Gasteiger partial charge >= 0.3 is 0 Å². The van der Waals surface area contributed by atoms with Crippen LogP contribution in [0.2, 0.25) is 0 Å². The second-order valence-corrected chi connectivity index (χ2v) is 6.61. The molecule has 0 aliphatic carbocycles. The molecule has 3 N–H and O–H groups in total. The van der Waals surface area contributed by atoms with Crippen LogP contribution in [0, 0.1) is 0 Å². The van der Waals surface area contributed by atoms with Gasteiger partial charge in [0.05, 0.1) is 11.9 Å². The fourth-order valence-electron chi connectivity index (χ4n) is 2.06. The summed E-state index contributed by atoms with van der Waals surface area (Å²) in [4.78, 5) is 10.9. The van der Waals surface area contributed by atoms with E-state index in [1.54, 1.807) is 12.1 Å². The summed E-state index contributed by atoms with van der Waals surface area (Å²) in [5.41, 5.74) is 6.09. The molecule has 1 aliphatic heterocycles. The van der Waals surface area contributed by atoms with Crippen LogP contribution < -0.4 is 10.5 Å². The van der Waals surface area contributed by atoms with Gasteiger partial charge < -0.3 is 10.5 Å². The maximum absolute atomic E-state index is 11.9. The van der Waals surface area contributed by atoms with Crippen LogP contribution in [0.1, 0.15) is 28.8 Å². The first-order valence-electron chi connectivity index (χ1n) is 6.44. The maximum Gasteiger partial charge on any atom is 0.248 e. The largest absolute Gasteiger partial charge is 0.377 e. The molecule has 0 bridgehead atoms. The summed E-state index contributed by atoms with van der Waals surface area (Å²) in [6.45, 7) is 1.00. The number of carbonyl (C=O) groups is 1. The van der Waals surface area contributed by atoms with Crippen molar-refractivity contribution in [3.63, 3.8) is 0 Å². The van der Waals surface area contributed by atoms with E-state index in [2.05, 4.69) is 4.72 Å². The van der Waals surface area contributed by atoms with E-state index in [-0.39, 0.29) is 11.9 Å². The standard InChI is InChI=1S/C13H18N2O4S/c14-13(16)11-5-3-10(4-6-11)9-20(17,18)15-8-12-2-1-7-19-12/h3-6,12,15H,1-2,7-9H2,(H2,14,16). The smallest absolute Gasteiger partial charge is 0.248 e. The van der Waals surface area contributed by atoms with Crippen molar-refractivity contribution in [3.8, 4) is 0 Å². The molecule has 110 valence electrons. The van der Waals surface area contributed by atoms with E-state index in [0.717, 1.165) is 12.8 Å². The Morgan fingerprint density at radius 3 is 2.60 bits per heavy atom. The summed E-state index contributed by atoms with van der Waals surface area (Å²) >= 11 is 0. The molecule has 20 heavy (non-hydrogen) atoms. The molecule has 1 fully saturated rings. The number of ether oxygens (including phenoxy) is 1.